The van der Waals surface area contributed by atoms with Crippen LogP contribution in [-0.4, -0.2) is 110 Å². The highest BCUT2D eigenvalue weighted by atomic mass is 16.5. The van der Waals surface area contributed by atoms with Crippen LogP contribution in [0.1, 0.15) is 54.0 Å². The number of hydrogen-bond acceptors (Lipinski definition) is 12. The molecule has 64 heavy (non-hydrogen) atoms. The number of nitrogens with one attached hydrogen (secondary N) is 6. The van der Waals surface area contributed by atoms with Gasteiger partial charge in [-0.3, -0.25) is 28.8 Å². The SMILES string of the molecule is CNC(=O)OCc1ccc(NC(=O)[C@H](CC(N)=O)NC(=O)[C@H](C)NC(=O)[C@H](C)NC(=O)CCOCCOCCNC(=O)c2ccc3nc4c(nc3c2)C/C2=C/C=C\C=C/C(=C2)C4)cc1. The van der Waals surface area contributed by atoms with E-state index < -0.39 is 60.2 Å². The molecule has 0 aliphatic heterocycles. The van der Waals surface area contributed by atoms with Gasteiger partial charge >= 0.3 is 6.09 Å². The predicted molar refractivity (Wildman–Crippen MR) is 235 cm³/mol. The fourth-order valence-electron chi connectivity index (χ4n) is 6.37. The van der Waals surface area contributed by atoms with Crippen LogP contribution in [-0.2, 0) is 57.6 Å². The normalized spacial score (nSPS) is 15.9. The third-order valence-corrected chi connectivity index (χ3v) is 9.77. The second kappa shape index (κ2) is 23.8. The third-order valence-electron chi connectivity index (χ3n) is 9.77. The number of nitrogens with zero attached hydrogens (tertiary/aromatic N) is 2. The average molecular weight is 880 g/mol. The Morgan fingerprint density at radius 2 is 1.44 bits per heavy atom. The Hall–Kier alpha value is -7.25. The summed E-state index contributed by atoms with van der Waals surface area (Å²) in [5.41, 5.74) is 12.3. The molecule has 3 aromatic rings. The second-order valence-corrected chi connectivity index (χ2v) is 14.9. The average Bonchev–Trinajstić information content (AvgIpc) is 3.45. The van der Waals surface area contributed by atoms with Crippen LogP contribution in [0.4, 0.5) is 10.5 Å². The van der Waals surface area contributed by atoms with Crippen LogP contribution in [0.5, 0.6) is 0 Å². The molecule has 0 spiro atoms. The van der Waals surface area contributed by atoms with E-state index in [4.69, 9.17) is 29.9 Å². The Kier molecular flexibility index (Phi) is 17.8. The van der Waals surface area contributed by atoms with Gasteiger partial charge < -0.3 is 51.8 Å². The number of carbonyl (C=O) groups is 7. The first-order chi connectivity index (χ1) is 30.8. The minimum absolute atomic E-state index is 0.0000806. The Morgan fingerprint density at radius 3 is 2.17 bits per heavy atom. The van der Waals surface area contributed by atoms with Gasteiger partial charge in [0, 0.05) is 44.1 Å². The van der Waals surface area contributed by atoms with Crippen LogP contribution in [0.2, 0.25) is 0 Å². The summed E-state index contributed by atoms with van der Waals surface area (Å²) in [6.07, 6.45) is 12.5. The van der Waals surface area contributed by atoms with Gasteiger partial charge in [-0.2, -0.15) is 0 Å². The van der Waals surface area contributed by atoms with Crippen molar-refractivity contribution in [3.05, 3.63) is 113 Å². The lowest BCUT2D eigenvalue weighted by atomic mass is 10.1. The second-order valence-electron chi connectivity index (χ2n) is 14.9. The largest absolute Gasteiger partial charge is 0.445 e. The zero-order chi connectivity index (χ0) is 46.0. The zero-order valence-corrected chi connectivity index (χ0v) is 35.9. The third kappa shape index (κ3) is 15.0. The number of hydrogen-bond donors (Lipinski definition) is 7. The summed E-state index contributed by atoms with van der Waals surface area (Å²) < 4.78 is 16.0. The summed E-state index contributed by atoms with van der Waals surface area (Å²) in [6, 6.07) is 8.05. The number of fused-ring (bicyclic) bond motifs is 3. The molecule has 1 heterocycles. The molecular formula is C45H53N9O10. The van der Waals surface area contributed by atoms with Crippen LogP contribution in [0.15, 0.2) is 90.1 Å². The van der Waals surface area contributed by atoms with Gasteiger partial charge in [-0.25, -0.2) is 14.8 Å². The fourth-order valence-corrected chi connectivity index (χ4v) is 6.37. The number of rotatable bonds is 21. The maximum Gasteiger partial charge on any atom is 0.407 e. The molecule has 1 aromatic heterocycles. The number of alkyl carbamates (subject to hydrolysis) is 1. The molecule has 2 bridgehead atoms. The lowest BCUT2D eigenvalue weighted by molar-refractivity contribution is -0.133. The van der Waals surface area contributed by atoms with E-state index in [9.17, 15) is 33.6 Å². The maximum absolute atomic E-state index is 13.0. The molecule has 7 amide bonds. The van der Waals surface area contributed by atoms with E-state index in [1.54, 1.807) is 42.5 Å². The van der Waals surface area contributed by atoms with E-state index in [1.165, 1.54) is 26.5 Å². The first-order valence-corrected chi connectivity index (χ1v) is 20.7. The molecule has 2 aliphatic carbocycles. The Bertz CT molecular complexity index is 2340. The molecule has 0 saturated carbocycles. The van der Waals surface area contributed by atoms with Crippen LogP contribution in [0, 0.1) is 0 Å². The number of nitrogens with two attached hydrogens (primary N) is 1. The van der Waals surface area contributed by atoms with Crippen LogP contribution >= 0.6 is 0 Å². The minimum Gasteiger partial charge on any atom is -0.445 e. The smallest absolute Gasteiger partial charge is 0.407 e. The Morgan fingerprint density at radius 1 is 0.750 bits per heavy atom. The standard InChI is InChI=1S/C45H53N9O10/c1-27(41(57)50-28(2)42(58)54-38(25-39(46)55)44(60)51-33-12-9-29(10-13-33)26-64-45(61)47-3)49-40(56)15-17-62-19-20-63-18-16-48-43(59)32-11-14-34-37(24-32)53-36-23-31-8-6-4-5-7-30(21-31)22-35(36)52-34/h4-14,21,24,27-28,38H,15-20,22-23,25-26H2,1-3H3,(H2,46,55)(H,47,61)(H,48,59)(H,49,56)(H,50,57)(H,51,60)(H,54,58)/b5-4?,6-4-,7-5-,8-6?,30-7?,31-8+/t27-,28-,38-/m0/s1. The van der Waals surface area contributed by atoms with Crippen molar-refractivity contribution in [1.29, 1.82) is 0 Å². The number of ether oxygens (including phenoxy) is 3. The van der Waals surface area contributed by atoms with Crippen LogP contribution < -0.4 is 37.6 Å². The minimum atomic E-state index is -1.36. The number of aromatic nitrogens is 2. The fraction of sp³-hybridized carbons (Fsp3) is 0.356. The molecule has 5 rings (SSSR count). The summed E-state index contributed by atoms with van der Waals surface area (Å²) in [4.78, 5) is 96.7. The van der Waals surface area contributed by atoms with Gasteiger partial charge in [-0.1, -0.05) is 48.6 Å². The molecule has 2 aromatic carbocycles. The van der Waals surface area contributed by atoms with Gasteiger partial charge in [0.15, 0.2) is 0 Å². The summed E-state index contributed by atoms with van der Waals surface area (Å²) in [7, 11) is 1.43. The lowest BCUT2D eigenvalue weighted by Gasteiger charge is -2.22. The van der Waals surface area contributed by atoms with Crippen molar-refractivity contribution in [3.63, 3.8) is 0 Å². The lowest BCUT2D eigenvalue weighted by Crippen LogP contribution is -2.55. The summed E-state index contributed by atoms with van der Waals surface area (Å²) in [5.74, 6) is -3.77. The van der Waals surface area contributed by atoms with Crippen molar-refractivity contribution in [2.24, 2.45) is 5.73 Å². The first-order valence-electron chi connectivity index (χ1n) is 20.7. The van der Waals surface area contributed by atoms with Gasteiger partial charge in [0.05, 0.1) is 55.3 Å². The van der Waals surface area contributed by atoms with E-state index in [1.807, 2.05) is 18.2 Å². The molecule has 338 valence electrons. The molecular weight excluding hydrogens is 827 g/mol. The molecule has 2 aliphatic rings. The number of amides is 7. The van der Waals surface area contributed by atoms with Crippen molar-refractivity contribution in [3.8, 4) is 0 Å². The molecule has 8 N–H and O–H groups in total. The van der Waals surface area contributed by atoms with Crippen LogP contribution in [0.25, 0.3) is 11.0 Å². The highest BCUT2D eigenvalue weighted by Gasteiger charge is 2.27. The van der Waals surface area contributed by atoms with Gasteiger partial charge in [-0.05, 0) is 60.9 Å². The number of anilines is 1. The van der Waals surface area contributed by atoms with Crippen molar-refractivity contribution in [1.82, 2.24) is 36.6 Å². The van der Waals surface area contributed by atoms with E-state index in [2.05, 4.69) is 50.1 Å². The van der Waals surface area contributed by atoms with Gasteiger partial charge in [-0.15, -0.1) is 0 Å². The van der Waals surface area contributed by atoms with Crippen molar-refractivity contribution < 1.29 is 47.8 Å². The van der Waals surface area contributed by atoms with E-state index in [0.717, 1.165) is 22.5 Å². The van der Waals surface area contributed by atoms with Crippen molar-refractivity contribution in [2.75, 3.05) is 45.3 Å². The number of carbonyl (C=O) groups excluding carboxylic acids is 7. The van der Waals surface area contributed by atoms with E-state index in [0.29, 0.717) is 35.2 Å². The van der Waals surface area contributed by atoms with Crippen molar-refractivity contribution in [2.45, 2.75) is 64.3 Å². The summed E-state index contributed by atoms with van der Waals surface area (Å²) in [5, 5.41) is 15.2. The summed E-state index contributed by atoms with van der Waals surface area (Å²) >= 11 is 0. The topological polar surface area (TPSA) is 271 Å². The molecule has 0 fully saturated rings. The van der Waals surface area contributed by atoms with Gasteiger partial charge in [0.2, 0.25) is 29.5 Å². The monoisotopic (exact) mass is 879 g/mol. The molecule has 0 radical (unpaired) electrons. The molecule has 0 saturated heterocycles. The first kappa shape index (κ1) is 47.8. The number of allylic oxidation sites excluding steroid dienone is 8. The Labute approximate surface area is 369 Å². The quantitative estimate of drug-likeness (QED) is 0.0755. The number of primary amides is 1. The van der Waals surface area contributed by atoms with E-state index >= 15 is 0 Å². The van der Waals surface area contributed by atoms with Crippen LogP contribution in [0.3, 0.4) is 0 Å². The highest BCUT2D eigenvalue weighted by molar-refractivity contribution is 6.01. The highest BCUT2D eigenvalue weighted by Crippen LogP contribution is 2.25. The number of benzene rings is 2. The van der Waals surface area contributed by atoms with Crippen molar-refractivity contribution >= 4 is 58.3 Å². The molecule has 3 atom stereocenters. The van der Waals surface area contributed by atoms with Gasteiger partial charge in [0.25, 0.3) is 5.91 Å². The predicted octanol–water partition coefficient (Wildman–Crippen LogP) is 1.72. The molecule has 0 unspecified atom stereocenters. The maximum atomic E-state index is 13.0. The Balaban J connectivity index is 0.940. The van der Waals surface area contributed by atoms with E-state index in [-0.39, 0.29) is 51.9 Å². The van der Waals surface area contributed by atoms with Gasteiger partial charge in [0.1, 0.15) is 24.7 Å². The molecule has 19 nitrogen and oxygen atoms in total. The molecule has 19 heteroatoms. The summed E-state index contributed by atoms with van der Waals surface area (Å²) in [6.45, 7) is 3.76. The zero-order valence-electron chi connectivity index (χ0n) is 35.9.